The van der Waals surface area contributed by atoms with Crippen LogP contribution in [-0.2, 0) is 9.47 Å². The Kier molecular flexibility index (Phi) is 8.06. The molecule has 2 aromatic rings. The Morgan fingerprint density at radius 1 is 0.667 bits per heavy atom. The van der Waals surface area contributed by atoms with Crippen LogP contribution in [0.4, 0.5) is 9.59 Å². The van der Waals surface area contributed by atoms with E-state index in [9.17, 15) is 19.8 Å². The van der Waals surface area contributed by atoms with Gasteiger partial charge in [-0.2, -0.15) is 0 Å². The average molecular weight is 499 g/mol. The smallest absolute Gasteiger partial charge is 0.407 e. The maximum atomic E-state index is 11.6. The zero-order chi connectivity index (χ0) is 26.7. The highest BCUT2D eigenvalue weighted by Gasteiger charge is 2.41. The van der Waals surface area contributed by atoms with Crippen molar-refractivity contribution in [3.05, 3.63) is 59.7 Å². The van der Waals surface area contributed by atoms with Crippen molar-refractivity contribution >= 4 is 12.2 Å². The van der Waals surface area contributed by atoms with Gasteiger partial charge in [0.25, 0.3) is 0 Å². The highest BCUT2D eigenvalue weighted by atomic mass is 16.6. The number of aromatic hydroxyl groups is 2. The summed E-state index contributed by atoms with van der Waals surface area (Å²) in [6.07, 6.45) is 1.11. The highest BCUT2D eigenvalue weighted by molar-refractivity contribution is 5.69. The molecule has 0 saturated heterocycles. The van der Waals surface area contributed by atoms with Crippen LogP contribution in [0.3, 0.4) is 0 Å². The lowest BCUT2D eigenvalue weighted by Gasteiger charge is -2.19. The van der Waals surface area contributed by atoms with Gasteiger partial charge in [0.1, 0.15) is 22.7 Å². The van der Waals surface area contributed by atoms with E-state index in [0.29, 0.717) is 11.8 Å². The lowest BCUT2D eigenvalue weighted by atomic mass is 10.1. The van der Waals surface area contributed by atoms with Crippen LogP contribution in [-0.4, -0.2) is 45.7 Å². The number of carbonyl (C=O) groups is 2. The van der Waals surface area contributed by atoms with Gasteiger partial charge in [-0.15, -0.1) is 0 Å². The fraction of sp³-hybridized carbons (Fsp3) is 0.500. The molecular formula is C28H38N2O6. The molecule has 2 aliphatic carbocycles. The van der Waals surface area contributed by atoms with E-state index in [1.54, 1.807) is 24.3 Å². The third kappa shape index (κ3) is 8.98. The third-order valence-corrected chi connectivity index (χ3v) is 5.63. The first-order valence-electron chi connectivity index (χ1n) is 12.3. The number of phenolic OH excluding ortho intramolecular Hbond substituents is 2. The Morgan fingerprint density at radius 2 is 0.972 bits per heavy atom. The Labute approximate surface area is 213 Å². The maximum Gasteiger partial charge on any atom is 0.407 e. The molecular weight excluding hydrogens is 460 g/mol. The van der Waals surface area contributed by atoms with Crippen molar-refractivity contribution in [2.24, 2.45) is 0 Å². The zero-order valence-electron chi connectivity index (χ0n) is 21.9. The van der Waals surface area contributed by atoms with E-state index in [1.165, 1.54) is 0 Å². The summed E-state index contributed by atoms with van der Waals surface area (Å²) in [7, 11) is 0. The fourth-order valence-electron chi connectivity index (χ4n) is 3.81. The predicted octanol–water partition coefficient (Wildman–Crippen LogP) is 5.55. The van der Waals surface area contributed by atoms with Gasteiger partial charge >= 0.3 is 12.2 Å². The minimum Gasteiger partial charge on any atom is -0.508 e. The zero-order valence-corrected chi connectivity index (χ0v) is 21.9. The van der Waals surface area contributed by atoms with Gasteiger partial charge in [0.05, 0.1) is 0 Å². The summed E-state index contributed by atoms with van der Waals surface area (Å²) in [4.78, 5) is 23.1. The van der Waals surface area contributed by atoms with E-state index in [4.69, 9.17) is 9.47 Å². The number of hydrogen-bond donors (Lipinski definition) is 4. The number of ether oxygens (including phenoxy) is 2. The van der Waals surface area contributed by atoms with Crippen LogP contribution in [0.25, 0.3) is 0 Å². The standard InChI is InChI=1S/2C14H19NO3/c2*1-14(2,3)18-13(17)15-12-8-11(12)9-4-6-10(16)7-5-9/h2*4-7,11-12,16H,8H2,1-3H3,(H,15,17)/t2*11-,12+/m10/s1. The van der Waals surface area contributed by atoms with E-state index < -0.39 is 11.2 Å². The molecule has 2 amide bonds. The lowest BCUT2D eigenvalue weighted by Crippen LogP contribution is -2.34. The molecule has 2 aliphatic rings. The second-order valence-corrected chi connectivity index (χ2v) is 11.4. The molecule has 196 valence electrons. The normalized spacial score (nSPS) is 22.4. The summed E-state index contributed by atoms with van der Waals surface area (Å²) in [5, 5.41) is 24.1. The topological polar surface area (TPSA) is 117 Å². The molecule has 36 heavy (non-hydrogen) atoms. The molecule has 8 heteroatoms. The summed E-state index contributed by atoms with van der Waals surface area (Å²) < 4.78 is 10.4. The van der Waals surface area contributed by atoms with Gasteiger partial charge in [0.2, 0.25) is 0 Å². The maximum absolute atomic E-state index is 11.6. The number of benzene rings is 2. The molecule has 2 saturated carbocycles. The molecule has 4 rings (SSSR count). The largest absolute Gasteiger partial charge is 0.508 e. The van der Waals surface area contributed by atoms with Gasteiger partial charge in [-0.1, -0.05) is 24.3 Å². The van der Waals surface area contributed by atoms with E-state index >= 15 is 0 Å². The van der Waals surface area contributed by atoms with E-state index in [1.807, 2.05) is 65.8 Å². The van der Waals surface area contributed by atoms with Crippen molar-refractivity contribution < 1.29 is 29.3 Å². The number of amides is 2. The minimum atomic E-state index is -0.465. The molecule has 2 aromatic carbocycles. The SMILES string of the molecule is CC(C)(C)OC(=O)N[C@@H]1C[C@H]1c1ccc(O)cc1.CC(C)(C)OC(=O)N[C@H]1C[C@@H]1c1ccc(O)cc1. The molecule has 0 unspecified atom stereocenters. The average Bonchev–Trinajstić information content (AvgIpc) is 3.64. The Bertz CT molecular complexity index is 952. The minimum absolute atomic E-state index is 0.143. The molecule has 0 bridgehead atoms. The van der Waals surface area contributed by atoms with Gasteiger partial charge in [-0.3, -0.25) is 0 Å². The molecule has 0 aliphatic heterocycles. The Balaban J connectivity index is 0.000000201. The van der Waals surface area contributed by atoms with Gasteiger partial charge in [-0.25, -0.2) is 9.59 Å². The quantitative estimate of drug-likeness (QED) is 0.439. The number of nitrogens with one attached hydrogen (secondary N) is 2. The van der Waals surface area contributed by atoms with Crippen molar-refractivity contribution in [1.29, 1.82) is 0 Å². The number of hydrogen-bond acceptors (Lipinski definition) is 6. The van der Waals surface area contributed by atoms with Crippen LogP contribution < -0.4 is 10.6 Å². The summed E-state index contributed by atoms with van der Waals surface area (Å²) in [6.45, 7) is 11.1. The molecule has 0 radical (unpaired) electrons. The van der Waals surface area contributed by atoms with Crippen LogP contribution in [0, 0.1) is 0 Å². The third-order valence-electron chi connectivity index (χ3n) is 5.63. The summed E-state index contributed by atoms with van der Waals surface area (Å²) in [5.41, 5.74) is 1.34. The lowest BCUT2D eigenvalue weighted by molar-refractivity contribution is 0.0511. The Hall–Kier alpha value is -3.42. The predicted molar refractivity (Wildman–Crippen MR) is 137 cm³/mol. The van der Waals surface area contributed by atoms with Crippen LogP contribution in [0.2, 0.25) is 0 Å². The number of alkyl carbamates (subject to hydrolysis) is 2. The summed E-state index contributed by atoms with van der Waals surface area (Å²) in [6, 6.07) is 14.5. The monoisotopic (exact) mass is 498 g/mol. The first-order valence-corrected chi connectivity index (χ1v) is 12.3. The molecule has 2 fully saturated rings. The molecule has 8 nitrogen and oxygen atoms in total. The first-order chi connectivity index (χ1) is 16.7. The second kappa shape index (κ2) is 10.7. The number of carbonyl (C=O) groups excluding carboxylic acids is 2. The molecule has 0 spiro atoms. The van der Waals surface area contributed by atoms with Crippen LogP contribution in [0.15, 0.2) is 48.5 Å². The molecule has 0 heterocycles. The number of phenols is 2. The number of rotatable bonds is 4. The van der Waals surface area contributed by atoms with Crippen molar-refractivity contribution in [3.8, 4) is 11.5 Å². The van der Waals surface area contributed by atoms with E-state index in [2.05, 4.69) is 10.6 Å². The van der Waals surface area contributed by atoms with Crippen LogP contribution >= 0.6 is 0 Å². The van der Waals surface area contributed by atoms with E-state index in [-0.39, 0.29) is 35.8 Å². The molecule has 0 aromatic heterocycles. The van der Waals surface area contributed by atoms with Gasteiger partial charge in [0, 0.05) is 23.9 Å². The van der Waals surface area contributed by atoms with Crippen molar-refractivity contribution in [2.45, 2.75) is 89.5 Å². The Morgan fingerprint density at radius 3 is 1.25 bits per heavy atom. The van der Waals surface area contributed by atoms with Crippen molar-refractivity contribution in [3.63, 3.8) is 0 Å². The summed E-state index contributed by atoms with van der Waals surface area (Å²) >= 11 is 0. The second-order valence-electron chi connectivity index (χ2n) is 11.4. The first kappa shape index (κ1) is 27.2. The van der Waals surface area contributed by atoms with Crippen molar-refractivity contribution in [1.82, 2.24) is 10.6 Å². The van der Waals surface area contributed by atoms with Crippen LogP contribution in [0.5, 0.6) is 11.5 Å². The summed E-state index contributed by atoms with van der Waals surface area (Å²) in [5.74, 6) is 1.18. The van der Waals surface area contributed by atoms with Gasteiger partial charge < -0.3 is 30.3 Å². The van der Waals surface area contributed by atoms with Crippen molar-refractivity contribution in [2.75, 3.05) is 0 Å². The van der Waals surface area contributed by atoms with Crippen LogP contribution in [0.1, 0.15) is 77.3 Å². The van der Waals surface area contributed by atoms with Gasteiger partial charge in [0.15, 0.2) is 0 Å². The highest BCUT2D eigenvalue weighted by Crippen LogP contribution is 2.42. The molecule has 4 atom stereocenters. The molecule has 4 N–H and O–H groups in total. The van der Waals surface area contributed by atoms with E-state index in [0.717, 1.165) is 24.0 Å². The van der Waals surface area contributed by atoms with Gasteiger partial charge in [-0.05, 0) is 89.8 Å². The fourth-order valence-corrected chi connectivity index (χ4v) is 3.81.